The summed E-state index contributed by atoms with van der Waals surface area (Å²) in [5, 5.41) is 10.1. The van der Waals surface area contributed by atoms with Crippen LogP contribution in [0.3, 0.4) is 0 Å². The fourth-order valence-corrected chi connectivity index (χ4v) is 3.23. The summed E-state index contributed by atoms with van der Waals surface area (Å²) in [5.74, 6) is -0.487. The smallest absolute Gasteiger partial charge is 0.244 e. The molecule has 0 bridgehead atoms. The second-order valence-electron chi connectivity index (χ2n) is 5.93. The molecule has 0 aliphatic heterocycles. The highest BCUT2D eigenvalue weighted by Crippen LogP contribution is 2.20. The highest BCUT2D eigenvalue weighted by atomic mass is 32.1. The number of nitrogens with zero attached hydrogens (tertiary/aromatic N) is 3. The molecule has 134 valence electrons. The summed E-state index contributed by atoms with van der Waals surface area (Å²) in [6, 6.07) is 5.92. The summed E-state index contributed by atoms with van der Waals surface area (Å²) in [7, 11) is 0. The number of aryl methyl sites for hydroxylation is 1. The third kappa shape index (κ3) is 4.05. The lowest BCUT2D eigenvalue weighted by molar-refractivity contribution is -0.117. The molecule has 0 saturated heterocycles. The average molecular weight is 370 g/mol. The Morgan fingerprint density at radius 2 is 2.04 bits per heavy atom. The van der Waals surface area contributed by atoms with E-state index >= 15 is 0 Å². The van der Waals surface area contributed by atoms with E-state index in [9.17, 15) is 9.18 Å². The molecule has 0 fully saturated rings. The molecule has 0 aliphatic rings. The molecule has 3 rings (SSSR count). The predicted molar refractivity (Wildman–Crippen MR) is 101 cm³/mol. The van der Waals surface area contributed by atoms with Gasteiger partial charge < -0.3 is 5.32 Å². The lowest BCUT2D eigenvalue weighted by Gasteiger charge is -2.13. The van der Waals surface area contributed by atoms with E-state index in [4.69, 9.17) is 0 Å². The van der Waals surface area contributed by atoms with Gasteiger partial charge in [0.05, 0.1) is 28.6 Å². The first-order valence-corrected chi connectivity index (χ1v) is 9.03. The van der Waals surface area contributed by atoms with Crippen LogP contribution in [0.2, 0.25) is 0 Å². The predicted octanol–water partition coefficient (Wildman–Crippen LogP) is 3.98. The van der Waals surface area contributed by atoms with Crippen molar-refractivity contribution in [3.8, 4) is 5.69 Å². The maximum atomic E-state index is 13.1. The number of amides is 1. The lowest BCUT2D eigenvalue weighted by Crippen LogP contribution is -2.25. The van der Waals surface area contributed by atoms with E-state index in [0.717, 1.165) is 27.6 Å². The van der Waals surface area contributed by atoms with Crippen LogP contribution >= 0.6 is 11.3 Å². The van der Waals surface area contributed by atoms with Crippen LogP contribution in [0.4, 0.5) is 4.39 Å². The summed E-state index contributed by atoms with van der Waals surface area (Å²) >= 11 is 1.54. The van der Waals surface area contributed by atoms with Crippen LogP contribution in [0.1, 0.15) is 34.9 Å². The minimum absolute atomic E-state index is 0.197. The van der Waals surface area contributed by atoms with Crippen LogP contribution in [0.25, 0.3) is 11.8 Å². The molecule has 1 atom stereocenters. The fraction of sp³-hybridized carbons (Fsp3) is 0.211. The van der Waals surface area contributed by atoms with Crippen molar-refractivity contribution in [3.05, 3.63) is 69.7 Å². The molecule has 7 heteroatoms. The zero-order valence-corrected chi connectivity index (χ0v) is 15.5. The van der Waals surface area contributed by atoms with Crippen LogP contribution in [-0.2, 0) is 4.79 Å². The number of halogens is 1. The van der Waals surface area contributed by atoms with Crippen molar-refractivity contribution in [2.75, 3.05) is 0 Å². The molecule has 26 heavy (non-hydrogen) atoms. The Hall–Kier alpha value is -2.80. The maximum absolute atomic E-state index is 13.1. The number of carbonyl (C=O) groups is 1. The van der Waals surface area contributed by atoms with E-state index in [0.29, 0.717) is 0 Å². The summed E-state index contributed by atoms with van der Waals surface area (Å²) < 4.78 is 14.8. The van der Waals surface area contributed by atoms with Gasteiger partial charge in [-0.2, -0.15) is 5.10 Å². The van der Waals surface area contributed by atoms with Gasteiger partial charge in [-0.1, -0.05) is 0 Å². The molecule has 0 aliphatic carbocycles. The Bertz CT molecular complexity index is 943. The largest absolute Gasteiger partial charge is 0.346 e. The molecule has 5 nitrogen and oxygen atoms in total. The van der Waals surface area contributed by atoms with Crippen molar-refractivity contribution in [2.24, 2.45) is 0 Å². The summed E-state index contributed by atoms with van der Waals surface area (Å²) in [4.78, 5) is 16.4. The van der Waals surface area contributed by atoms with Gasteiger partial charge in [-0.15, -0.1) is 11.3 Å². The van der Waals surface area contributed by atoms with Gasteiger partial charge in [-0.25, -0.2) is 14.1 Å². The van der Waals surface area contributed by atoms with E-state index in [1.165, 1.54) is 18.2 Å². The van der Waals surface area contributed by atoms with E-state index in [2.05, 4.69) is 15.4 Å². The second kappa shape index (κ2) is 7.61. The first-order chi connectivity index (χ1) is 12.4. The minimum atomic E-state index is -0.290. The lowest BCUT2D eigenvalue weighted by atomic mass is 10.1. The summed E-state index contributed by atoms with van der Waals surface area (Å²) in [5.41, 5.74) is 3.34. The number of hydrogen-bond donors (Lipinski definition) is 1. The number of carbonyl (C=O) groups excluding carboxylic acids is 1. The van der Waals surface area contributed by atoms with Gasteiger partial charge in [0.25, 0.3) is 0 Å². The van der Waals surface area contributed by atoms with Gasteiger partial charge in [0, 0.05) is 22.7 Å². The van der Waals surface area contributed by atoms with Crippen LogP contribution < -0.4 is 5.32 Å². The summed E-state index contributed by atoms with van der Waals surface area (Å²) in [6.45, 7) is 5.74. The number of rotatable bonds is 5. The van der Waals surface area contributed by atoms with Gasteiger partial charge in [-0.3, -0.25) is 4.79 Å². The van der Waals surface area contributed by atoms with Gasteiger partial charge in [-0.05, 0) is 51.1 Å². The first kappa shape index (κ1) is 18.0. The first-order valence-electron chi connectivity index (χ1n) is 8.15. The van der Waals surface area contributed by atoms with E-state index in [1.54, 1.807) is 40.4 Å². The number of thiazole rings is 1. The second-order valence-corrected chi connectivity index (χ2v) is 6.99. The third-order valence-electron chi connectivity index (χ3n) is 3.99. The minimum Gasteiger partial charge on any atom is -0.346 e. The quantitative estimate of drug-likeness (QED) is 0.691. The van der Waals surface area contributed by atoms with Crippen molar-refractivity contribution in [3.63, 3.8) is 0 Å². The van der Waals surface area contributed by atoms with Crippen LogP contribution in [0.5, 0.6) is 0 Å². The Balaban J connectivity index is 1.70. The molecular formula is C19H19FN4OS. The Kier molecular flexibility index (Phi) is 5.27. The standard InChI is InChI=1S/C19H19FN4OS/c1-12(22-19(25)9-6-16-11-26-14(3)23-16)18-10-21-24(13(18)2)17-7-4-15(20)5-8-17/h4-12H,1-3H3,(H,22,25)/b9-6+. The molecule has 1 N–H and O–H groups in total. The van der Waals surface area contributed by atoms with Gasteiger partial charge in [0.15, 0.2) is 0 Å². The molecule has 1 aromatic carbocycles. The fourth-order valence-electron chi connectivity index (χ4n) is 2.65. The highest BCUT2D eigenvalue weighted by molar-refractivity contribution is 7.09. The monoisotopic (exact) mass is 370 g/mol. The molecule has 1 unspecified atom stereocenters. The molecule has 2 aromatic heterocycles. The number of nitrogens with one attached hydrogen (secondary N) is 1. The molecule has 0 saturated carbocycles. The molecule has 0 spiro atoms. The average Bonchev–Trinajstić information content (AvgIpc) is 3.19. The van der Waals surface area contributed by atoms with Crippen molar-refractivity contribution < 1.29 is 9.18 Å². The summed E-state index contributed by atoms with van der Waals surface area (Å²) in [6.07, 6.45) is 4.89. The van der Waals surface area contributed by atoms with Crippen molar-refractivity contribution in [2.45, 2.75) is 26.8 Å². The topological polar surface area (TPSA) is 59.8 Å². The Morgan fingerprint density at radius 3 is 2.69 bits per heavy atom. The van der Waals surface area contributed by atoms with Crippen LogP contribution in [0, 0.1) is 19.7 Å². The Labute approximate surface area is 155 Å². The zero-order valence-electron chi connectivity index (χ0n) is 14.7. The van der Waals surface area contributed by atoms with Crippen molar-refractivity contribution in [1.82, 2.24) is 20.1 Å². The van der Waals surface area contributed by atoms with Gasteiger partial charge in [0.2, 0.25) is 5.91 Å². The van der Waals surface area contributed by atoms with E-state index < -0.39 is 0 Å². The van der Waals surface area contributed by atoms with E-state index in [1.807, 2.05) is 26.2 Å². The molecule has 3 aromatic rings. The number of benzene rings is 1. The van der Waals surface area contributed by atoms with Crippen LogP contribution in [-0.4, -0.2) is 20.7 Å². The van der Waals surface area contributed by atoms with Crippen molar-refractivity contribution >= 4 is 23.3 Å². The van der Waals surface area contributed by atoms with Crippen LogP contribution in [0.15, 0.2) is 41.9 Å². The normalized spacial score (nSPS) is 12.5. The highest BCUT2D eigenvalue weighted by Gasteiger charge is 2.15. The SMILES string of the molecule is Cc1nc(/C=C/C(=O)NC(C)c2cnn(-c3ccc(F)cc3)c2C)cs1. The molecule has 1 amide bonds. The third-order valence-corrected chi connectivity index (χ3v) is 4.78. The van der Waals surface area contributed by atoms with Gasteiger partial charge in [0.1, 0.15) is 5.82 Å². The Morgan fingerprint density at radius 1 is 1.31 bits per heavy atom. The van der Waals surface area contributed by atoms with E-state index in [-0.39, 0.29) is 17.8 Å². The molecule has 2 heterocycles. The van der Waals surface area contributed by atoms with Gasteiger partial charge >= 0.3 is 0 Å². The number of aromatic nitrogens is 3. The maximum Gasteiger partial charge on any atom is 0.244 e. The van der Waals surface area contributed by atoms with Crippen molar-refractivity contribution in [1.29, 1.82) is 0 Å². The number of hydrogen-bond acceptors (Lipinski definition) is 4. The molecule has 0 radical (unpaired) electrons. The molecular weight excluding hydrogens is 351 g/mol. The zero-order chi connectivity index (χ0) is 18.7.